The zero-order valence-corrected chi connectivity index (χ0v) is 11.6. The van der Waals surface area contributed by atoms with Crippen molar-refractivity contribution in [3.05, 3.63) is 29.3 Å². The summed E-state index contributed by atoms with van der Waals surface area (Å²) in [5.74, 6) is 0. The van der Waals surface area contributed by atoms with Gasteiger partial charge in [-0.05, 0) is 24.1 Å². The highest BCUT2D eigenvalue weighted by Gasteiger charge is 2.22. The third kappa shape index (κ3) is 3.45. The second kappa shape index (κ2) is 5.69. The molecule has 0 fully saturated rings. The van der Waals surface area contributed by atoms with E-state index in [1.165, 1.54) is 0 Å². The molecule has 0 aliphatic carbocycles. The van der Waals surface area contributed by atoms with Crippen molar-refractivity contribution in [2.75, 3.05) is 19.3 Å². The molecule has 0 bridgehead atoms. The van der Waals surface area contributed by atoms with Crippen molar-refractivity contribution in [2.45, 2.75) is 38.4 Å². The van der Waals surface area contributed by atoms with Gasteiger partial charge in [0.15, 0.2) is 0 Å². The standard InChI is InChI=1S/C14H24N2O2/c1-14(2,3)9-5-6-11(15)10(7-9)13(18)12(17)8-16-4/h5-7,12-13,16-18H,8,15H2,1-4H3. The van der Waals surface area contributed by atoms with Gasteiger partial charge >= 0.3 is 0 Å². The molecule has 18 heavy (non-hydrogen) atoms. The monoisotopic (exact) mass is 252 g/mol. The van der Waals surface area contributed by atoms with Gasteiger partial charge in [-0.15, -0.1) is 0 Å². The van der Waals surface area contributed by atoms with Crippen LogP contribution in [0.5, 0.6) is 0 Å². The van der Waals surface area contributed by atoms with Crippen molar-refractivity contribution in [3.63, 3.8) is 0 Å². The van der Waals surface area contributed by atoms with E-state index in [-0.39, 0.29) is 5.41 Å². The van der Waals surface area contributed by atoms with Crippen LogP contribution in [0.1, 0.15) is 38.0 Å². The normalized spacial score (nSPS) is 15.4. The average Bonchev–Trinajstić information content (AvgIpc) is 2.27. The van der Waals surface area contributed by atoms with Crippen LogP contribution in [0.15, 0.2) is 18.2 Å². The van der Waals surface area contributed by atoms with Gasteiger partial charge in [-0.3, -0.25) is 0 Å². The van der Waals surface area contributed by atoms with Gasteiger partial charge in [0, 0.05) is 17.8 Å². The van der Waals surface area contributed by atoms with E-state index in [0.717, 1.165) is 5.56 Å². The van der Waals surface area contributed by atoms with Gasteiger partial charge in [0.25, 0.3) is 0 Å². The molecule has 0 saturated heterocycles. The topological polar surface area (TPSA) is 78.5 Å². The van der Waals surface area contributed by atoms with E-state index >= 15 is 0 Å². The Bertz CT molecular complexity index is 399. The molecule has 2 unspecified atom stereocenters. The predicted molar refractivity (Wildman–Crippen MR) is 74.4 cm³/mol. The number of hydrogen-bond donors (Lipinski definition) is 4. The number of rotatable bonds is 4. The summed E-state index contributed by atoms with van der Waals surface area (Å²) in [6.45, 7) is 6.61. The van der Waals surface area contributed by atoms with Gasteiger partial charge in [-0.2, -0.15) is 0 Å². The first-order chi connectivity index (χ1) is 8.27. The molecule has 0 aromatic heterocycles. The Balaban J connectivity index is 3.08. The summed E-state index contributed by atoms with van der Waals surface area (Å²) in [6.07, 6.45) is -1.84. The smallest absolute Gasteiger partial charge is 0.108 e. The minimum absolute atomic E-state index is 0.0177. The molecule has 0 saturated carbocycles. The van der Waals surface area contributed by atoms with Gasteiger partial charge in [0.1, 0.15) is 6.10 Å². The first-order valence-electron chi connectivity index (χ1n) is 6.18. The molecule has 0 amide bonds. The number of nitrogens with two attached hydrogens (primary N) is 1. The van der Waals surface area contributed by atoms with Crippen LogP contribution >= 0.6 is 0 Å². The highest BCUT2D eigenvalue weighted by Crippen LogP contribution is 2.30. The lowest BCUT2D eigenvalue weighted by Gasteiger charge is -2.24. The molecule has 0 aliphatic rings. The van der Waals surface area contributed by atoms with Gasteiger partial charge in [0.2, 0.25) is 0 Å². The maximum atomic E-state index is 10.1. The summed E-state index contributed by atoms with van der Waals surface area (Å²) in [6, 6.07) is 5.61. The Morgan fingerprint density at radius 1 is 1.28 bits per heavy atom. The van der Waals surface area contributed by atoms with Crippen LogP contribution in [0.25, 0.3) is 0 Å². The number of benzene rings is 1. The minimum atomic E-state index is -0.972. The fourth-order valence-electron chi connectivity index (χ4n) is 1.83. The Morgan fingerprint density at radius 3 is 2.39 bits per heavy atom. The third-order valence-corrected chi connectivity index (χ3v) is 3.05. The zero-order valence-electron chi connectivity index (χ0n) is 11.6. The second-order valence-corrected chi connectivity index (χ2v) is 5.66. The van der Waals surface area contributed by atoms with E-state index in [4.69, 9.17) is 5.73 Å². The fourth-order valence-corrected chi connectivity index (χ4v) is 1.83. The highest BCUT2D eigenvalue weighted by atomic mass is 16.3. The maximum absolute atomic E-state index is 10.1. The van der Waals surface area contributed by atoms with Crippen LogP contribution in [-0.4, -0.2) is 29.9 Å². The fraction of sp³-hybridized carbons (Fsp3) is 0.571. The summed E-state index contributed by atoms with van der Waals surface area (Å²) in [5.41, 5.74) is 8.04. The second-order valence-electron chi connectivity index (χ2n) is 5.66. The van der Waals surface area contributed by atoms with Crippen LogP contribution in [0.3, 0.4) is 0 Å². The van der Waals surface area contributed by atoms with Crippen LogP contribution < -0.4 is 11.1 Å². The van der Waals surface area contributed by atoms with Crippen molar-refractivity contribution < 1.29 is 10.2 Å². The van der Waals surface area contributed by atoms with Crippen molar-refractivity contribution in [1.29, 1.82) is 0 Å². The van der Waals surface area contributed by atoms with Crippen molar-refractivity contribution >= 4 is 5.69 Å². The number of likely N-dealkylation sites (N-methyl/N-ethyl adjacent to an activating group) is 1. The summed E-state index contributed by atoms with van der Waals surface area (Å²) in [4.78, 5) is 0. The van der Waals surface area contributed by atoms with Gasteiger partial charge in [0.05, 0.1) is 6.10 Å². The predicted octanol–water partition coefficient (Wildman–Crippen LogP) is 1.18. The number of hydrogen-bond acceptors (Lipinski definition) is 4. The number of nitrogen functional groups attached to an aromatic ring is 1. The van der Waals surface area contributed by atoms with Crippen LogP contribution in [0.2, 0.25) is 0 Å². The molecule has 2 atom stereocenters. The van der Waals surface area contributed by atoms with Gasteiger partial charge in [-0.25, -0.2) is 0 Å². The molecule has 1 aromatic rings. The number of nitrogens with one attached hydrogen (secondary N) is 1. The van der Waals surface area contributed by atoms with E-state index in [2.05, 4.69) is 26.1 Å². The first kappa shape index (κ1) is 15.0. The molecule has 0 spiro atoms. The number of anilines is 1. The van der Waals surface area contributed by atoms with Gasteiger partial charge in [-0.1, -0.05) is 32.9 Å². The molecule has 1 aromatic carbocycles. The highest BCUT2D eigenvalue weighted by molar-refractivity contribution is 5.51. The Morgan fingerprint density at radius 2 is 1.89 bits per heavy atom. The Hall–Kier alpha value is -1.10. The van der Waals surface area contributed by atoms with E-state index in [0.29, 0.717) is 17.8 Å². The maximum Gasteiger partial charge on any atom is 0.108 e. The minimum Gasteiger partial charge on any atom is -0.398 e. The summed E-state index contributed by atoms with van der Waals surface area (Å²) in [7, 11) is 1.73. The van der Waals surface area contributed by atoms with Crippen LogP contribution in [0.4, 0.5) is 5.69 Å². The third-order valence-electron chi connectivity index (χ3n) is 3.05. The summed E-state index contributed by atoms with van der Waals surface area (Å²) < 4.78 is 0. The molecular weight excluding hydrogens is 228 g/mol. The molecule has 0 aliphatic heterocycles. The molecule has 0 radical (unpaired) electrons. The Labute approximate surface area is 109 Å². The van der Waals surface area contributed by atoms with Crippen molar-refractivity contribution in [3.8, 4) is 0 Å². The van der Waals surface area contributed by atoms with Crippen molar-refractivity contribution in [1.82, 2.24) is 5.32 Å². The number of aliphatic hydroxyl groups is 2. The lowest BCUT2D eigenvalue weighted by molar-refractivity contribution is 0.0206. The SMILES string of the molecule is CNCC(O)C(O)c1cc(C(C)(C)C)ccc1N. The molecule has 5 N–H and O–H groups in total. The zero-order chi connectivity index (χ0) is 13.9. The van der Waals surface area contributed by atoms with Gasteiger partial charge < -0.3 is 21.3 Å². The van der Waals surface area contributed by atoms with E-state index in [1.54, 1.807) is 13.1 Å². The largest absolute Gasteiger partial charge is 0.398 e. The number of aliphatic hydroxyl groups excluding tert-OH is 2. The van der Waals surface area contributed by atoms with E-state index in [1.807, 2.05) is 12.1 Å². The molecule has 4 heteroatoms. The molecule has 102 valence electrons. The first-order valence-corrected chi connectivity index (χ1v) is 6.18. The molecular formula is C14H24N2O2. The molecule has 4 nitrogen and oxygen atoms in total. The lowest BCUT2D eigenvalue weighted by atomic mass is 9.85. The van der Waals surface area contributed by atoms with Crippen molar-refractivity contribution in [2.24, 2.45) is 0 Å². The lowest BCUT2D eigenvalue weighted by Crippen LogP contribution is -2.30. The molecule has 1 rings (SSSR count). The summed E-state index contributed by atoms with van der Waals surface area (Å²) >= 11 is 0. The van der Waals surface area contributed by atoms with E-state index < -0.39 is 12.2 Å². The Kier molecular flexibility index (Phi) is 4.73. The van der Waals surface area contributed by atoms with Crippen LogP contribution in [0, 0.1) is 0 Å². The van der Waals surface area contributed by atoms with Crippen LogP contribution in [-0.2, 0) is 5.41 Å². The average molecular weight is 252 g/mol. The van der Waals surface area contributed by atoms with E-state index in [9.17, 15) is 10.2 Å². The molecule has 0 heterocycles. The quantitative estimate of drug-likeness (QED) is 0.607. The summed E-state index contributed by atoms with van der Waals surface area (Å²) in [5, 5.41) is 22.8.